The molecule has 3 heteroatoms. The third kappa shape index (κ3) is 4.22. The maximum Gasteiger partial charge on any atom is 0.147 e. The lowest BCUT2D eigenvalue weighted by molar-refractivity contribution is -0.118. The van der Waals surface area contributed by atoms with E-state index in [0.29, 0.717) is 6.04 Å². The topological polar surface area (TPSA) is 29.1 Å². The molecule has 0 bridgehead atoms. The lowest BCUT2D eigenvalue weighted by Gasteiger charge is -2.21. The molecule has 0 aliphatic heterocycles. The summed E-state index contributed by atoms with van der Waals surface area (Å²) >= 11 is 1.75. The van der Waals surface area contributed by atoms with Crippen LogP contribution < -0.4 is 5.32 Å². The van der Waals surface area contributed by atoms with Crippen molar-refractivity contribution in [2.45, 2.75) is 58.5 Å². The second-order valence-electron chi connectivity index (χ2n) is 6.63. The molecule has 0 spiro atoms. The SMILES string of the molecule is CCC1CC1CC1CC1C(C)NC(CSC)C(C)=O. The number of thioether (sulfide) groups is 1. The van der Waals surface area contributed by atoms with Crippen molar-refractivity contribution >= 4 is 17.5 Å². The molecule has 2 saturated carbocycles. The molecular weight excluding hydrogens is 254 g/mol. The van der Waals surface area contributed by atoms with Crippen molar-refractivity contribution in [3.05, 3.63) is 0 Å². The van der Waals surface area contributed by atoms with Crippen molar-refractivity contribution in [1.29, 1.82) is 0 Å². The monoisotopic (exact) mass is 283 g/mol. The van der Waals surface area contributed by atoms with Gasteiger partial charge in [0.2, 0.25) is 0 Å². The molecule has 0 aromatic heterocycles. The Morgan fingerprint density at radius 1 is 1.32 bits per heavy atom. The average molecular weight is 283 g/mol. The minimum Gasteiger partial charge on any atom is -0.304 e. The summed E-state index contributed by atoms with van der Waals surface area (Å²) in [6.45, 7) is 6.30. The molecule has 2 fully saturated rings. The van der Waals surface area contributed by atoms with E-state index in [9.17, 15) is 4.79 Å². The van der Waals surface area contributed by atoms with Gasteiger partial charge in [0, 0.05) is 11.8 Å². The van der Waals surface area contributed by atoms with Gasteiger partial charge in [0.25, 0.3) is 0 Å². The van der Waals surface area contributed by atoms with Crippen LogP contribution in [0.15, 0.2) is 0 Å². The van der Waals surface area contributed by atoms with E-state index in [2.05, 4.69) is 25.4 Å². The lowest BCUT2D eigenvalue weighted by Crippen LogP contribution is -2.44. The molecule has 0 saturated heterocycles. The van der Waals surface area contributed by atoms with E-state index in [-0.39, 0.29) is 11.8 Å². The van der Waals surface area contributed by atoms with Gasteiger partial charge in [-0.1, -0.05) is 13.3 Å². The van der Waals surface area contributed by atoms with Gasteiger partial charge in [-0.3, -0.25) is 4.79 Å². The highest BCUT2D eigenvalue weighted by Crippen LogP contribution is 2.53. The molecule has 0 heterocycles. The summed E-state index contributed by atoms with van der Waals surface area (Å²) in [4.78, 5) is 11.6. The van der Waals surface area contributed by atoms with E-state index in [0.717, 1.165) is 29.4 Å². The van der Waals surface area contributed by atoms with Crippen LogP contribution in [0, 0.1) is 23.7 Å². The Morgan fingerprint density at radius 2 is 2.05 bits per heavy atom. The molecule has 6 unspecified atom stereocenters. The molecule has 0 amide bonds. The third-order valence-electron chi connectivity index (χ3n) is 5.11. The molecule has 110 valence electrons. The third-order valence-corrected chi connectivity index (χ3v) is 5.77. The quantitative estimate of drug-likeness (QED) is 0.703. The predicted octanol–water partition coefficient (Wildman–Crippen LogP) is 3.36. The van der Waals surface area contributed by atoms with Crippen LogP contribution in [0.5, 0.6) is 0 Å². The first-order valence-electron chi connectivity index (χ1n) is 7.82. The summed E-state index contributed by atoms with van der Waals surface area (Å²) in [7, 11) is 0. The molecule has 2 aliphatic carbocycles. The van der Waals surface area contributed by atoms with Crippen LogP contribution in [0.2, 0.25) is 0 Å². The highest BCUT2D eigenvalue weighted by molar-refractivity contribution is 7.98. The number of nitrogens with one attached hydrogen (secondary N) is 1. The zero-order valence-corrected chi connectivity index (χ0v) is 13.6. The first-order valence-corrected chi connectivity index (χ1v) is 9.21. The summed E-state index contributed by atoms with van der Waals surface area (Å²) in [5.41, 5.74) is 0. The standard InChI is InChI=1S/C16H29NOS/c1-5-12-6-13(12)7-14-8-15(14)10(2)17-16(9-19-4)11(3)18/h10,12-17H,5-9H2,1-4H3. The van der Waals surface area contributed by atoms with E-state index in [1.165, 1.54) is 25.7 Å². The molecule has 0 aromatic carbocycles. The van der Waals surface area contributed by atoms with Gasteiger partial charge in [0.15, 0.2) is 0 Å². The fourth-order valence-corrected chi connectivity index (χ4v) is 4.20. The summed E-state index contributed by atoms with van der Waals surface area (Å²) in [6, 6.07) is 0.556. The van der Waals surface area contributed by atoms with Crippen LogP contribution >= 0.6 is 11.8 Å². The van der Waals surface area contributed by atoms with Gasteiger partial charge in [-0.2, -0.15) is 11.8 Å². The van der Waals surface area contributed by atoms with E-state index in [4.69, 9.17) is 0 Å². The maximum atomic E-state index is 11.6. The highest BCUT2D eigenvalue weighted by Gasteiger charge is 2.46. The van der Waals surface area contributed by atoms with Gasteiger partial charge in [-0.05, 0) is 63.0 Å². The second-order valence-corrected chi connectivity index (χ2v) is 7.54. The molecule has 1 N–H and O–H groups in total. The summed E-state index contributed by atoms with van der Waals surface area (Å²) in [5.74, 6) is 5.00. The Labute approximate surface area is 122 Å². The van der Waals surface area contributed by atoms with Crippen molar-refractivity contribution in [1.82, 2.24) is 5.32 Å². The number of hydrogen-bond acceptors (Lipinski definition) is 3. The summed E-state index contributed by atoms with van der Waals surface area (Å²) in [5, 5.41) is 3.56. The van der Waals surface area contributed by atoms with Gasteiger partial charge < -0.3 is 5.32 Å². The molecule has 2 aliphatic rings. The van der Waals surface area contributed by atoms with E-state index in [1.54, 1.807) is 18.7 Å². The Bertz CT molecular complexity index is 320. The van der Waals surface area contributed by atoms with Gasteiger partial charge in [-0.25, -0.2) is 0 Å². The van der Waals surface area contributed by atoms with Gasteiger partial charge in [0.05, 0.1) is 6.04 Å². The zero-order valence-electron chi connectivity index (χ0n) is 12.8. The molecule has 19 heavy (non-hydrogen) atoms. The van der Waals surface area contributed by atoms with Crippen LogP contribution in [-0.2, 0) is 4.79 Å². The van der Waals surface area contributed by atoms with E-state index >= 15 is 0 Å². The molecular formula is C16H29NOS. The fourth-order valence-electron chi connectivity index (χ4n) is 3.53. The van der Waals surface area contributed by atoms with Crippen LogP contribution in [0.25, 0.3) is 0 Å². The Balaban J connectivity index is 1.69. The number of hydrogen-bond donors (Lipinski definition) is 1. The molecule has 6 atom stereocenters. The Morgan fingerprint density at radius 3 is 2.58 bits per heavy atom. The van der Waals surface area contributed by atoms with Crippen LogP contribution in [0.1, 0.15) is 46.5 Å². The van der Waals surface area contributed by atoms with Crippen LogP contribution in [-0.4, -0.2) is 29.9 Å². The van der Waals surface area contributed by atoms with E-state index < -0.39 is 0 Å². The van der Waals surface area contributed by atoms with Gasteiger partial charge in [0.1, 0.15) is 5.78 Å². The largest absolute Gasteiger partial charge is 0.304 e. The van der Waals surface area contributed by atoms with Crippen molar-refractivity contribution in [2.75, 3.05) is 12.0 Å². The predicted molar refractivity (Wildman–Crippen MR) is 83.6 cm³/mol. The smallest absolute Gasteiger partial charge is 0.147 e. The zero-order chi connectivity index (χ0) is 14.0. The van der Waals surface area contributed by atoms with Crippen molar-refractivity contribution in [2.24, 2.45) is 23.7 Å². The minimum atomic E-state index is 0.0514. The number of ketones is 1. The number of Topliss-reactive ketones (excluding diaryl/α,β-unsaturated/α-hetero) is 1. The summed E-state index contributed by atoms with van der Waals surface area (Å²) in [6.07, 6.45) is 7.74. The molecule has 0 aromatic rings. The highest BCUT2D eigenvalue weighted by atomic mass is 32.2. The first-order chi connectivity index (χ1) is 9.06. The van der Waals surface area contributed by atoms with Crippen molar-refractivity contribution in [3.8, 4) is 0 Å². The van der Waals surface area contributed by atoms with E-state index in [1.807, 2.05) is 0 Å². The number of rotatable bonds is 9. The average Bonchev–Trinajstić information content (AvgIpc) is 3.25. The Hall–Kier alpha value is -0.0200. The normalized spacial score (nSPS) is 35.8. The minimum absolute atomic E-state index is 0.0514. The molecule has 2 nitrogen and oxygen atoms in total. The van der Waals surface area contributed by atoms with Crippen LogP contribution in [0.3, 0.4) is 0 Å². The summed E-state index contributed by atoms with van der Waals surface area (Å²) < 4.78 is 0. The van der Waals surface area contributed by atoms with Crippen LogP contribution in [0.4, 0.5) is 0 Å². The number of carbonyl (C=O) groups is 1. The van der Waals surface area contributed by atoms with Gasteiger partial charge >= 0.3 is 0 Å². The second kappa shape index (κ2) is 6.62. The maximum absolute atomic E-state index is 11.6. The van der Waals surface area contributed by atoms with Crippen molar-refractivity contribution < 1.29 is 4.79 Å². The Kier molecular flexibility index (Phi) is 5.36. The van der Waals surface area contributed by atoms with Crippen molar-refractivity contribution in [3.63, 3.8) is 0 Å². The first kappa shape index (κ1) is 15.4. The van der Waals surface area contributed by atoms with Gasteiger partial charge in [-0.15, -0.1) is 0 Å². The number of carbonyl (C=O) groups excluding carboxylic acids is 1. The lowest BCUT2D eigenvalue weighted by atomic mass is 10.1. The fraction of sp³-hybridized carbons (Fsp3) is 0.938. The molecule has 2 rings (SSSR count). The molecule has 0 radical (unpaired) electrons.